The predicted molar refractivity (Wildman–Crippen MR) is 84.0 cm³/mol. The lowest BCUT2D eigenvalue weighted by Crippen LogP contribution is -2.12. The molecule has 0 saturated carbocycles. The minimum atomic E-state index is -3.73. The lowest BCUT2D eigenvalue weighted by Gasteiger charge is -2.11. The van der Waals surface area contributed by atoms with Crippen LogP contribution in [0.1, 0.15) is 17.5 Å². The molecule has 0 aliphatic heterocycles. The fourth-order valence-electron chi connectivity index (χ4n) is 2.64. The maximum Gasteiger partial charge on any atom is 0.238 e. The standard InChI is InChI=1S/C15H17N3O2S/c16-14-9-13(21(17,19)20)6-7-15(14)18-12-5-4-10-2-1-3-11(10)8-12/h4-9,18H,1-3,16H2,(H2,17,19,20). The zero-order chi connectivity index (χ0) is 15.0. The predicted octanol–water partition coefficient (Wildman–Crippen LogP) is 2.15. The number of nitrogens with two attached hydrogens (primary N) is 2. The van der Waals surface area contributed by atoms with Gasteiger partial charge in [0.15, 0.2) is 0 Å². The maximum absolute atomic E-state index is 11.3. The van der Waals surface area contributed by atoms with E-state index in [1.54, 1.807) is 6.07 Å². The normalized spacial score (nSPS) is 14.0. The third-order valence-electron chi connectivity index (χ3n) is 3.73. The molecule has 0 amide bonds. The summed E-state index contributed by atoms with van der Waals surface area (Å²) in [5.74, 6) is 0. The summed E-state index contributed by atoms with van der Waals surface area (Å²) in [6, 6.07) is 10.7. The van der Waals surface area contributed by atoms with Crippen molar-refractivity contribution in [1.29, 1.82) is 0 Å². The van der Waals surface area contributed by atoms with E-state index in [4.69, 9.17) is 10.9 Å². The number of rotatable bonds is 3. The highest BCUT2D eigenvalue weighted by Gasteiger charge is 2.12. The molecule has 5 N–H and O–H groups in total. The Morgan fingerprint density at radius 3 is 2.48 bits per heavy atom. The third kappa shape index (κ3) is 2.86. The van der Waals surface area contributed by atoms with Gasteiger partial charge in [-0.25, -0.2) is 13.6 Å². The lowest BCUT2D eigenvalue weighted by atomic mass is 10.1. The number of hydrogen-bond acceptors (Lipinski definition) is 4. The van der Waals surface area contributed by atoms with Gasteiger partial charge < -0.3 is 11.1 Å². The van der Waals surface area contributed by atoms with Gasteiger partial charge in [0.05, 0.1) is 16.3 Å². The van der Waals surface area contributed by atoms with Crippen LogP contribution in [0.5, 0.6) is 0 Å². The quantitative estimate of drug-likeness (QED) is 0.757. The lowest BCUT2D eigenvalue weighted by molar-refractivity contribution is 0.598. The van der Waals surface area contributed by atoms with E-state index in [0.717, 1.165) is 18.5 Å². The molecule has 0 unspecified atom stereocenters. The van der Waals surface area contributed by atoms with Gasteiger partial charge in [-0.1, -0.05) is 6.07 Å². The number of anilines is 3. The highest BCUT2D eigenvalue weighted by molar-refractivity contribution is 7.89. The molecular formula is C15H17N3O2S. The van der Waals surface area contributed by atoms with E-state index in [1.807, 2.05) is 6.07 Å². The molecule has 3 rings (SSSR count). The second kappa shape index (κ2) is 5.05. The van der Waals surface area contributed by atoms with Crippen molar-refractivity contribution in [2.24, 2.45) is 5.14 Å². The van der Waals surface area contributed by atoms with Crippen molar-refractivity contribution in [2.75, 3.05) is 11.1 Å². The van der Waals surface area contributed by atoms with Crippen LogP contribution < -0.4 is 16.2 Å². The minimum Gasteiger partial charge on any atom is -0.397 e. The first-order chi connectivity index (χ1) is 9.93. The molecule has 1 aliphatic rings. The smallest absolute Gasteiger partial charge is 0.238 e. The summed E-state index contributed by atoms with van der Waals surface area (Å²) in [4.78, 5) is 0.0134. The molecule has 21 heavy (non-hydrogen) atoms. The minimum absolute atomic E-state index is 0.0134. The number of nitrogens with one attached hydrogen (secondary N) is 1. The summed E-state index contributed by atoms with van der Waals surface area (Å²) in [6.45, 7) is 0. The molecule has 1 aliphatic carbocycles. The average molecular weight is 303 g/mol. The molecule has 0 bridgehead atoms. The van der Waals surface area contributed by atoms with Crippen LogP contribution in [0.2, 0.25) is 0 Å². The van der Waals surface area contributed by atoms with E-state index in [0.29, 0.717) is 11.4 Å². The Balaban J connectivity index is 1.88. The number of fused-ring (bicyclic) bond motifs is 1. The zero-order valence-electron chi connectivity index (χ0n) is 11.5. The summed E-state index contributed by atoms with van der Waals surface area (Å²) >= 11 is 0. The van der Waals surface area contributed by atoms with E-state index in [1.165, 1.54) is 29.7 Å². The molecule has 0 radical (unpaired) electrons. The molecule has 0 heterocycles. The number of nitrogen functional groups attached to an aromatic ring is 1. The van der Waals surface area contributed by atoms with E-state index >= 15 is 0 Å². The van der Waals surface area contributed by atoms with Crippen LogP contribution in [0.25, 0.3) is 0 Å². The second-order valence-corrected chi connectivity index (χ2v) is 6.82. The Hall–Kier alpha value is -2.05. The number of hydrogen-bond donors (Lipinski definition) is 3. The molecule has 2 aromatic carbocycles. The van der Waals surface area contributed by atoms with Gasteiger partial charge in [-0.3, -0.25) is 0 Å². The highest BCUT2D eigenvalue weighted by atomic mass is 32.2. The van der Waals surface area contributed by atoms with Crippen LogP contribution >= 0.6 is 0 Å². The van der Waals surface area contributed by atoms with Crippen molar-refractivity contribution in [1.82, 2.24) is 0 Å². The first kappa shape index (κ1) is 13.9. The summed E-state index contributed by atoms with van der Waals surface area (Å²) in [7, 11) is -3.73. The van der Waals surface area contributed by atoms with Gasteiger partial charge in [-0.05, 0) is 60.7 Å². The van der Waals surface area contributed by atoms with Crippen LogP contribution in [0.3, 0.4) is 0 Å². The summed E-state index contributed by atoms with van der Waals surface area (Å²) < 4.78 is 22.6. The van der Waals surface area contributed by atoms with Gasteiger partial charge in [-0.15, -0.1) is 0 Å². The molecule has 5 nitrogen and oxygen atoms in total. The molecule has 0 spiro atoms. The summed E-state index contributed by atoms with van der Waals surface area (Å²) in [5.41, 5.74) is 10.6. The fourth-order valence-corrected chi connectivity index (χ4v) is 3.19. The van der Waals surface area contributed by atoms with Crippen LogP contribution in [0, 0.1) is 0 Å². The van der Waals surface area contributed by atoms with E-state index in [2.05, 4.69) is 17.4 Å². The molecule has 0 saturated heterocycles. The van der Waals surface area contributed by atoms with Crippen molar-refractivity contribution < 1.29 is 8.42 Å². The van der Waals surface area contributed by atoms with Crippen molar-refractivity contribution in [2.45, 2.75) is 24.2 Å². The van der Waals surface area contributed by atoms with Crippen LogP contribution in [-0.4, -0.2) is 8.42 Å². The third-order valence-corrected chi connectivity index (χ3v) is 4.64. The van der Waals surface area contributed by atoms with Gasteiger partial charge >= 0.3 is 0 Å². The maximum atomic E-state index is 11.3. The van der Waals surface area contributed by atoms with E-state index in [-0.39, 0.29) is 4.90 Å². The molecule has 2 aromatic rings. The number of primary sulfonamides is 1. The largest absolute Gasteiger partial charge is 0.397 e. The number of aryl methyl sites for hydroxylation is 2. The zero-order valence-corrected chi connectivity index (χ0v) is 12.3. The molecule has 0 fully saturated rings. The van der Waals surface area contributed by atoms with Crippen molar-refractivity contribution in [3.8, 4) is 0 Å². The van der Waals surface area contributed by atoms with Crippen molar-refractivity contribution in [3.05, 3.63) is 47.5 Å². The fraction of sp³-hybridized carbons (Fsp3) is 0.200. The summed E-state index contributed by atoms with van der Waals surface area (Å²) in [6.07, 6.45) is 3.44. The van der Waals surface area contributed by atoms with Crippen LogP contribution in [0.4, 0.5) is 17.1 Å². The molecule has 110 valence electrons. The Bertz CT molecular complexity index is 801. The Labute approximate surface area is 124 Å². The van der Waals surface area contributed by atoms with Gasteiger partial charge in [0.2, 0.25) is 10.0 Å². The van der Waals surface area contributed by atoms with Crippen LogP contribution in [0.15, 0.2) is 41.3 Å². The Morgan fingerprint density at radius 2 is 1.76 bits per heavy atom. The molecular weight excluding hydrogens is 286 g/mol. The topological polar surface area (TPSA) is 98.2 Å². The average Bonchev–Trinajstić information content (AvgIpc) is 2.87. The Morgan fingerprint density at radius 1 is 1.00 bits per heavy atom. The monoisotopic (exact) mass is 303 g/mol. The highest BCUT2D eigenvalue weighted by Crippen LogP contribution is 2.29. The SMILES string of the molecule is Nc1cc(S(N)(=O)=O)ccc1Nc1ccc2c(c1)CCC2. The second-order valence-electron chi connectivity index (χ2n) is 5.26. The van der Waals surface area contributed by atoms with Crippen molar-refractivity contribution in [3.63, 3.8) is 0 Å². The summed E-state index contributed by atoms with van der Waals surface area (Å²) in [5, 5.41) is 8.31. The number of benzene rings is 2. The van der Waals surface area contributed by atoms with Gasteiger partial charge in [0, 0.05) is 5.69 Å². The molecule has 0 aromatic heterocycles. The van der Waals surface area contributed by atoms with Gasteiger partial charge in [0.1, 0.15) is 0 Å². The molecule has 6 heteroatoms. The van der Waals surface area contributed by atoms with E-state index in [9.17, 15) is 8.42 Å². The van der Waals surface area contributed by atoms with E-state index < -0.39 is 10.0 Å². The van der Waals surface area contributed by atoms with Crippen molar-refractivity contribution >= 4 is 27.1 Å². The molecule has 0 atom stereocenters. The van der Waals surface area contributed by atoms with Gasteiger partial charge in [-0.2, -0.15) is 0 Å². The van der Waals surface area contributed by atoms with Crippen LogP contribution in [-0.2, 0) is 22.9 Å². The first-order valence-corrected chi connectivity index (χ1v) is 8.29. The first-order valence-electron chi connectivity index (χ1n) is 6.75. The Kier molecular flexibility index (Phi) is 3.35. The number of sulfonamides is 1. The van der Waals surface area contributed by atoms with Gasteiger partial charge in [0.25, 0.3) is 0 Å².